The van der Waals surface area contributed by atoms with Crippen molar-refractivity contribution in [2.45, 2.75) is 195 Å². The van der Waals surface area contributed by atoms with E-state index in [2.05, 4.69) is 94.4 Å². The van der Waals surface area contributed by atoms with Gasteiger partial charge in [-0.3, -0.25) is 86.3 Å². The maximum absolute atomic E-state index is 14.2. The van der Waals surface area contributed by atoms with E-state index < -0.39 is 281 Å². The molecule has 0 unspecified atom stereocenters. The number of carboxylic acid groups (broad SMARTS) is 5. The van der Waals surface area contributed by atoms with Gasteiger partial charge in [0.05, 0.1) is 63.6 Å². The van der Waals surface area contributed by atoms with Gasteiger partial charge in [-0.25, -0.2) is 14.8 Å². The van der Waals surface area contributed by atoms with E-state index in [4.69, 9.17) is 16.6 Å². The number of carboxylic acids is 5. The minimum absolute atomic E-state index is 0.0713. The molecule has 14 amide bonds. The monoisotopic (exact) mass is 1550 g/mol. The van der Waals surface area contributed by atoms with E-state index in [0.29, 0.717) is 6.42 Å². The molecule has 0 aliphatic heterocycles. The number of carbonyl (C=O) groups is 19. The zero-order valence-electron chi connectivity index (χ0n) is 59.3. The van der Waals surface area contributed by atoms with Gasteiger partial charge >= 0.3 is 29.8 Å². The molecule has 0 aliphatic carbocycles. The summed E-state index contributed by atoms with van der Waals surface area (Å²) in [6.45, 7) is 0.192. The lowest BCUT2D eigenvalue weighted by molar-refractivity contribution is -0.143. The molecule has 29 N–H and O–H groups in total. The molecule has 0 aliphatic rings. The number of carbonyl (C=O) groups excluding carboxylic acids is 14. The van der Waals surface area contributed by atoms with Gasteiger partial charge in [0.25, 0.3) is 0 Å². The Bertz CT molecular complexity index is 3490. The molecule has 109 heavy (non-hydrogen) atoms. The fraction of sp³-hybridized carbons (Fsp3) is 0.590. The molecule has 0 saturated heterocycles. The Morgan fingerprint density at radius 2 is 0.771 bits per heavy atom. The van der Waals surface area contributed by atoms with Crippen LogP contribution in [0.3, 0.4) is 0 Å². The fourth-order valence-corrected chi connectivity index (χ4v) is 9.48. The zero-order valence-corrected chi connectivity index (χ0v) is 59.3. The number of aliphatic hydroxyl groups is 4. The first-order chi connectivity index (χ1) is 51.2. The van der Waals surface area contributed by atoms with Crippen LogP contribution < -0.4 is 85.9 Å². The number of aliphatic carboxylic acids is 5. The number of nitrogens with one attached hydrogen (secondary N) is 16. The maximum Gasteiger partial charge on any atom is 0.326 e. The minimum Gasteiger partial charge on any atom is -0.481 e. The van der Waals surface area contributed by atoms with Gasteiger partial charge in [0.15, 0.2) is 0 Å². The first-order valence-corrected chi connectivity index (χ1v) is 33.5. The summed E-state index contributed by atoms with van der Waals surface area (Å²) in [7, 11) is 0. The van der Waals surface area contributed by atoms with Gasteiger partial charge in [-0.1, -0.05) is 0 Å². The van der Waals surface area contributed by atoms with Crippen LogP contribution in [0, 0.1) is 0 Å². The van der Waals surface area contributed by atoms with Crippen LogP contribution >= 0.6 is 0 Å². The molecule has 15 atom stereocenters. The van der Waals surface area contributed by atoms with Gasteiger partial charge < -0.3 is 142 Å². The van der Waals surface area contributed by atoms with Gasteiger partial charge in [0.2, 0.25) is 82.7 Å². The Kier molecular flexibility index (Phi) is 40.7. The van der Waals surface area contributed by atoms with E-state index in [9.17, 15) is 132 Å². The molecule has 0 bridgehead atoms. The highest BCUT2D eigenvalue weighted by atomic mass is 16.4. The van der Waals surface area contributed by atoms with Crippen LogP contribution in [0.1, 0.15) is 103 Å². The van der Waals surface area contributed by atoms with E-state index in [1.165, 1.54) is 19.4 Å². The molecule has 2 heterocycles. The van der Waals surface area contributed by atoms with Crippen molar-refractivity contribution in [1.82, 2.24) is 94.4 Å². The number of rotatable bonds is 52. The van der Waals surface area contributed by atoms with Crippen LogP contribution in [0.4, 0.5) is 0 Å². The second-order valence-corrected chi connectivity index (χ2v) is 24.5. The lowest BCUT2D eigenvalue weighted by atomic mass is 10.1. The predicted octanol–water partition coefficient (Wildman–Crippen LogP) is -12.6. The number of nitrogens with zero attached hydrogens (tertiary/aromatic N) is 2. The molecule has 0 aromatic carbocycles. The number of aliphatic hydroxyl groups excluding tert-OH is 4. The zero-order chi connectivity index (χ0) is 82.4. The molecule has 48 heteroatoms. The standard InChI is InChI=1S/C61H94N20O28/c1-26(70-51(98)32(63)8-11-43(88)89)49(96)66-20-41(86)72-39(22-82)57(104)74-34(10-13-45(92)93)53(100)71-27(2)50(97)76-38(17-46(94)95)56(103)77-36(15-30-18-64-24-68-30)54(101)73-33(9-12-44(90)91)52(99)67-21-42(87)80-47(28(3)84)59(106)78-37(16-31-19-65-25-69-31)55(102)79-40(23-83)58(105)81-48(29(4)85)60(107)75-35(61(108)109)7-5-6-14-62/h18-19,24-29,32-40,47-48,82-85H,5-17,20-23,62-63H2,1-4H3,(H,64,68)(H,65,69)(H,66,96)(H,67,99)(H,70,98)(H,71,100)(H,72,86)(H,73,101)(H,74,104)(H,75,107)(H,76,97)(H,77,103)(H,78,106)(H,79,102)(H,80,87)(H,81,105)(H,88,89)(H,90,91)(H,92,93)(H,94,95)(H,108,109)/t26-,27-,28+,29+,32-,33-,34-,35-,36-,37-,38-,39-,40-,47-,48-/m0/s1. The SMILES string of the molecule is C[C@H](NC(=O)[C@H](CCC(=O)O)NC(=O)[C@H](CO)NC(=O)CNC(=O)[C@H](C)NC(=O)[C@@H](N)CCC(=O)O)C(=O)N[C@@H](CC(=O)O)C(=O)N[C@@H](Cc1cnc[nH]1)C(=O)N[C@@H](CCC(=O)O)C(=O)NCC(=O)N[C@H](C(=O)N[C@@H](Cc1cnc[nH]1)C(=O)N[C@@H](CO)C(=O)N[C@H](C(=O)N[C@@H](CCCCN)C(=O)O)[C@@H](C)O)[C@@H](C)O. The highest BCUT2D eigenvalue weighted by molar-refractivity contribution is 6.00. The van der Waals surface area contributed by atoms with E-state index in [0.717, 1.165) is 33.3 Å². The predicted molar refractivity (Wildman–Crippen MR) is 364 cm³/mol. The quantitative estimate of drug-likeness (QED) is 0.0274. The average molecular weight is 1560 g/mol. The Balaban J connectivity index is 2.29. The van der Waals surface area contributed by atoms with Gasteiger partial charge in [-0.2, -0.15) is 0 Å². The average Bonchev–Trinajstić information content (AvgIpc) is 1.73. The summed E-state index contributed by atoms with van der Waals surface area (Å²) in [6.07, 6.45) is -4.26. The molecule has 0 radical (unpaired) electrons. The Labute approximate surface area is 618 Å². The van der Waals surface area contributed by atoms with Crippen molar-refractivity contribution in [3.8, 4) is 0 Å². The second kappa shape index (κ2) is 47.6. The van der Waals surface area contributed by atoms with E-state index in [-0.39, 0.29) is 37.2 Å². The largest absolute Gasteiger partial charge is 0.481 e. The summed E-state index contributed by atoms with van der Waals surface area (Å²) in [5.41, 5.74) is 11.4. The number of unbranched alkanes of at least 4 members (excludes halogenated alkanes) is 1. The van der Waals surface area contributed by atoms with Crippen molar-refractivity contribution in [1.29, 1.82) is 0 Å². The van der Waals surface area contributed by atoms with Crippen molar-refractivity contribution in [3.63, 3.8) is 0 Å². The molecule has 0 saturated carbocycles. The fourth-order valence-electron chi connectivity index (χ4n) is 9.48. The number of H-pyrrole nitrogens is 2. The molecule has 2 aromatic rings. The molecule has 0 spiro atoms. The first-order valence-electron chi connectivity index (χ1n) is 33.5. The number of nitrogens with two attached hydrogens (primary N) is 2. The Morgan fingerprint density at radius 3 is 1.23 bits per heavy atom. The van der Waals surface area contributed by atoms with Crippen LogP contribution in [0.15, 0.2) is 25.0 Å². The Morgan fingerprint density at radius 1 is 0.394 bits per heavy atom. The third-order valence-electron chi connectivity index (χ3n) is 15.5. The molecule has 2 rings (SSSR count). The van der Waals surface area contributed by atoms with Gasteiger partial charge in [0.1, 0.15) is 72.5 Å². The molecule has 606 valence electrons. The highest BCUT2D eigenvalue weighted by Gasteiger charge is 2.38. The third kappa shape index (κ3) is 34.9. The second-order valence-electron chi connectivity index (χ2n) is 24.5. The van der Waals surface area contributed by atoms with Gasteiger partial charge in [0, 0.05) is 55.9 Å². The molecular formula is C61H94N20O28. The summed E-state index contributed by atoms with van der Waals surface area (Å²) < 4.78 is 0. The van der Waals surface area contributed by atoms with Gasteiger partial charge in [-0.05, 0) is 72.8 Å². The Hall–Kier alpha value is -11.9. The number of aromatic amines is 2. The van der Waals surface area contributed by atoms with Crippen LogP contribution in [0.2, 0.25) is 0 Å². The minimum atomic E-state index is -2.13. The van der Waals surface area contributed by atoms with Crippen LogP contribution in [-0.2, 0) is 104 Å². The van der Waals surface area contributed by atoms with Gasteiger partial charge in [-0.15, -0.1) is 0 Å². The van der Waals surface area contributed by atoms with Crippen LogP contribution in [0.5, 0.6) is 0 Å². The van der Waals surface area contributed by atoms with Crippen LogP contribution in [-0.4, -0.2) is 302 Å². The molecule has 2 aromatic heterocycles. The van der Waals surface area contributed by atoms with Crippen molar-refractivity contribution in [2.24, 2.45) is 11.5 Å². The van der Waals surface area contributed by atoms with Crippen molar-refractivity contribution >= 4 is 113 Å². The first kappa shape index (κ1) is 93.2. The van der Waals surface area contributed by atoms with Crippen LogP contribution in [0.25, 0.3) is 0 Å². The highest BCUT2D eigenvalue weighted by Crippen LogP contribution is 2.10. The molecular weight excluding hydrogens is 1460 g/mol. The topological polar surface area (TPSA) is 784 Å². The van der Waals surface area contributed by atoms with E-state index in [1.807, 2.05) is 0 Å². The lowest BCUT2D eigenvalue weighted by Crippen LogP contribution is -2.62. The number of hydrogen-bond donors (Lipinski definition) is 27. The number of amides is 14. The number of hydrogen-bond acceptors (Lipinski definition) is 27. The van der Waals surface area contributed by atoms with Crippen molar-refractivity contribution in [2.75, 3.05) is 32.8 Å². The lowest BCUT2D eigenvalue weighted by Gasteiger charge is -2.27. The van der Waals surface area contributed by atoms with E-state index >= 15 is 0 Å². The maximum atomic E-state index is 14.2. The van der Waals surface area contributed by atoms with Crippen molar-refractivity contribution in [3.05, 3.63) is 36.4 Å². The third-order valence-corrected chi connectivity index (χ3v) is 15.5. The summed E-state index contributed by atoms with van der Waals surface area (Å²) >= 11 is 0. The number of aromatic nitrogens is 4. The smallest absolute Gasteiger partial charge is 0.326 e. The number of imidazole rings is 2. The summed E-state index contributed by atoms with van der Waals surface area (Å²) in [6, 6.07) is -23.1. The summed E-state index contributed by atoms with van der Waals surface area (Å²) in [5.74, 6) is -24.5. The normalized spacial score (nSPS) is 15.1. The van der Waals surface area contributed by atoms with E-state index in [1.54, 1.807) is 0 Å². The van der Waals surface area contributed by atoms with Crippen molar-refractivity contribution < 1.29 is 137 Å². The summed E-state index contributed by atoms with van der Waals surface area (Å²) in [5, 5.41) is 119. The molecule has 48 nitrogen and oxygen atoms in total. The summed E-state index contributed by atoms with van der Waals surface area (Å²) in [4.78, 5) is 259. The molecule has 0 fully saturated rings.